The Morgan fingerprint density at radius 1 is 1.24 bits per heavy atom. The van der Waals surface area contributed by atoms with Crippen LogP contribution in [-0.2, 0) is 27.5 Å². The molecule has 1 atom stereocenters. The van der Waals surface area contributed by atoms with Crippen LogP contribution < -0.4 is 5.32 Å². The quantitative estimate of drug-likeness (QED) is 0.811. The minimum absolute atomic E-state index is 0. The summed E-state index contributed by atoms with van der Waals surface area (Å²) in [6.07, 6.45) is 5.14. The van der Waals surface area contributed by atoms with Crippen LogP contribution in [0.1, 0.15) is 36.8 Å². The number of likely N-dealkylation sites (tertiary alicyclic amines) is 1. The minimum Gasteiger partial charge on any atom is -0.338 e. The lowest BCUT2D eigenvalue weighted by Gasteiger charge is -2.24. The summed E-state index contributed by atoms with van der Waals surface area (Å²) in [6, 6.07) is 5.64. The lowest BCUT2D eigenvalue weighted by Crippen LogP contribution is -2.41. The summed E-state index contributed by atoms with van der Waals surface area (Å²) in [4.78, 5) is 14.6. The van der Waals surface area contributed by atoms with Crippen molar-refractivity contribution in [3.05, 3.63) is 29.3 Å². The number of carbonyl (C=O) groups excluding carboxylic acids is 1. The number of sulfone groups is 1. The smallest absolute Gasteiger partial charge is 0.223 e. The number of hydrogen-bond acceptors (Lipinski definition) is 4. The van der Waals surface area contributed by atoms with Gasteiger partial charge >= 0.3 is 0 Å². The van der Waals surface area contributed by atoms with Gasteiger partial charge in [0.1, 0.15) is 0 Å². The topological polar surface area (TPSA) is 66.5 Å². The van der Waals surface area contributed by atoms with Gasteiger partial charge in [0, 0.05) is 25.6 Å². The van der Waals surface area contributed by atoms with Crippen LogP contribution in [0.15, 0.2) is 23.1 Å². The molecule has 1 fully saturated rings. The molecule has 0 aromatic heterocycles. The van der Waals surface area contributed by atoms with Gasteiger partial charge in [-0.2, -0.15) is 0 Å². The molecular weight excluding hydrogens is 360 g/mol. The van der Waals surface area contributed by atoms with Crippen molar-refractivity contribution >= 4 is 28.2 Å². The number of rotatable bonds is 6. The number of likely N-dealkylation sites (N-methyl/N-ethyl adjacent to an activating group) is 1. The standard InChI is InChI=1S/C18H26N2O3S.ClH/c1-19-13-16-6-3-10-20(16)18(21)9-11-24(22,23)17-8-7-14-4-2-5-15(14)12-17;/h7-8,12,16,19H,2-6,9-11,13H2,1H3;1H. The Kier molecular flexibility index (Phi) is 6.88. The maximum atomic E-state index is 12.6. The molecule has 140 valence electrons. The van der Waals surface area contributed by atoms with Crippen LogP contribution >= 0.6 is 12.4 Å². The first-order valence-electron chi connectivity index (χ1n) is 8.80. The number of fused-ring (bicyclic) bond motifs is 1. The molecule has 1 aliphatic carbocycles. The first-order chi connectivity index (χ1) is 11.5. The van der Waals surface area contributed by atoms with Crippen LogP contribution in [0, 0.1) is 0 Å². The van der Waals surface area contributed by atoms with Crippen molar-refractivity contribution in [3.8, 4) is 0 Å². The largest absolute Gasteiger partial charge is 0.338 e. The Morgan fingerprint density at radius 2 is 2.00 bits per heavy atom. The van der Waals surface area contributed by atoms with Crippen LogP contribution in [0.4, 0.5) is 0 Å². The number of benzene rings is 1. The van der Waals surface area contributed by atoms with E-state index in [0.29, 0.717) is 4.90 Å². The summed E-state index contributed by atoms with van der Waals surface area (Å²) < 4.78 is 25.2. The Morgan fingerprint density at radius 3 is 2.76 bits per heavy atom. The molecule has 1 heterocycles. The van der Waals surface area contributed by atoms with Gasteiger partial charge in [-0.3, -0.25) is 4.79 Å². The van der Waals surface area contributed by atoms with Crippen molar-refractivity contribution in [2.45, 2.75) is 49.5 Å². The predicted molar refractivity (Wildman–Crippen MR) is 101 cm³/mol. The number of aryl methyl sites for hydroxylation is 2. The summed E-state index contributed by atoms with van der Waals surface area (Å²) in [5.41, 5.74) is 2.41. The highest BCUT2D eigenvalue weighted by atomic mass is 35.5. The van der Waals surface area contributed by atoms with E-state index >= 15 is 0 Å². The molecule has 1 saturated heterocycles. The number of hydrogen-bond donors (Lipinski definition) is 1. The number of amides is 1. The second-order valence-electron chi connectivity index (χ2n) is 6.79. The van der Waals surface area contributed by atoms with Gasteiger partial charge in [0.15, 0.2) is 9.84 Å². The van der Waals surface area contributed by atoms with E-state index < -0.39 is 9.84 Å². The lowest BCUT2D eigenvalue weighted by molar-refractivity contribution is -0.131. The Labute approximate surface area is 156 Å². The first kappa shape index (κ1) is 20.2. The second-order valence-corrected chi connectivity index (χ2v) is 8.90. The van der Waals surface area contributed by atoms with Gasteiger partial charge in [0.05, 0.1) is 10.6 Å². The zero-order valence-corrected chi connectivity index (χ0v) is 16.3. The van der Waals surface area contributed by atoms with E-state index in [-0.39, 0.29) is 36.5 Å². The molecule has 0 radical (unpaired) electrons. The van der Waals surface area contributed by atoms with Crippen LogP contribution in [0.5, 0.6) is 0 Å². The Balaban J connectivity index is 0.00000225. The van der Waals surface area contributed by atoms with E-state index in [2.05, 4.69) is 5.32 Å². The molecule has 0 spiro atoms. The molecule has 2 aliphatic rings. The first-order valence-corrected chi connectivity index (χ1v) is 10.4. The molecule has 0 bridgehead atoms. The van der Waals surface area contributed by atoms with Crippen molar-refractivity contribution in [2.24, 2.45) is 0 Å². The highest BCUT2D eigenvalue weighted by Crippen LogP contribution is 2.26. The van der Waals surface area contributed by atoms with Gasteiger partial charge in [-0.25, -0.2) is 8.42 Å². The van der Waals surface area contributed by atoms with Gasteiger partial charge in [-0.05, 0) is 62.4 Å². The molecular formula is C18H27ClN2O3S. The Hall–Kier alpha value is -1.11. The van der Waals surface area contributed by atoms with Crippen LogP contribution in [0.3, 0.4) is 0 Å². The molecule has 1 unspecified atom stereocenters. The van der Waals surface area contributed by atoms with E-state index in [9.17, 15) is 13.2 Å². The van der Waals surface area contributed by atoms with Gasteiger partial charge in [-0.1, -0.05) is 6.07 Å². The van der Waals surface area contributed by atoms with Crippen LogP contribution in [-0.4, -0.2) is 51.2 Å². The summed E-state index contributed by atoms with van der Waals surface area (Å²) in [6.45, 7) is 1.51. The third-order valence-electron chi connectivity index (χ3n) is 5.15. The molecule has 25 heavy (non-hydrogen) atoms. The summed E-state index contributed by atoms with van der Waals surface area (Å²) >= 11 is 0. The third kappa shape index (κ3) is 4.54. The van der Waals surface area contributed by atoms with Crippen molar-refractivity contribution in [3.63, 3.8) is 0 Å². The molecule has 5 nitrogen and oxygen atoms in total. The highest BCUT2D eigenvalue weighted by molar-refractivity contribution is 7.91. The van der Waals surface area contributed by atoms with Crippen molar-refractivity contribution < 1.29 is 13.2 Å². The predicted octanol–water partition coefficient (Wildman–Crippen LogP) is 1.97. The van der Waals surface area contributed by atoms with Gasteiger partial charge in [0.2, 0.25) is 5.91 Å². The highest BCUT2D eigenvalue weighted by Gasteiger charge is 2.29. The Bertz CT molecular complexity index is 721. The summed E-state index contributed by atoms with van der Waals surface area (Å²) in [7, 11) is -1.53. The molecule has 1 aromatic rings. The second kappa shape index (κ2) is 8.52. The fourth-order valence-corrected chi connectivity index (χ4v) is 5.11. The molecule has 1 amide bonds. The molecule has 3 rings (SSSR count). The molecule has 7 heteroatoms. The van der Waals surface area contributed by atoms with Crippen molar-refractivity contribution in [1.82, 2.24) is 10.2 Å². The van der Waals surface area contributed by atoms with Gasteiger partial charge in [0.25, 0.3) is 0 Å². The van der Waals surface area contributed by atoms with Gasteiger partial charge in [-0.15, -0.1) is 12.4 Å². The molecule has 1 aromatic carbocycles. The normalized spacial score (nSPS) is 19.6. The van der Waals surface area contributed by atoms with E-state index in [0.717, 1.165) is 50.8 Å². The molecule has 1 N–H and O–H groups in total. The SMILES string of the molecule is CNCC1CCCN1C(=O)CCS(=O)(=O)c1ccc2c(c1)CCC2.Cl. The number of halogens is 1. The van der Waals surface area contributed by atoms with Gasteiger partial charge < -0.3 is 10.2 Å². The maximum Gasteiger partial charge on any atom is 0.223 e. The summed E-state index contributed by atoms with van der Waals surface area (Å²) in [5, 5.41) is 3.10. The fraction of sp³-hybridized carbons (Fsp3) is 0.611. The zero-order chi connectivity index (χ0) is 17.2. The minimum atomic E-state index is -3.40. The average molecular weight is 387 g/mol. The van der Waals surface area contributed by atoms with E-state index in [1.54, 1.807) is 6.07 Å². The van der Waals surface area contributed by atoms with Crippen LogP contribution in [0.25, 0.3) is 0 Å². The number of carbonyl (C=O) groups is 1. The van der Waals surface area contributed by atoms with E-state index in [1.807, 2.05) is 24.1 Å². The van der Waals surface area contributed by atoms with Crippen molar-refractivity contribution in [1.29, 1.82) is 0 Å². The van der Waals surface area contributed by atoms with E-state index in [4.69, 9.17) is 0 Å². The summed E-state index contributed by atoms with van der Waals surface area (Å²) in [5.74, 6) is -0.148. The monoisotopic (exact) mass is 386 g/mol. The molecule has 0 saturated carbocycles. The zero-order valence-electron chi connectivity index (χ0n) is 14.7. The van der Waals surface area contributed by atoms with Crippen molar-refractivity contribution in [2.75, 3.05) is 25.9 Å². The number of nitrogens with one attached hydrogen (secondary N) is 1. The fourth-order valence-electron chi connectivity index (χ4n) is 3.84. The maximum absolute atomic E-state index is 12.6. The van der Waals surface area contributed by atoms with E-state index in [1.165, 1.54) is 5.56 Å². The number of nitrogens with zero attached hydrogens (tertiary/aromatic N) is 1. The molecule has 1 aliphatic heterocycles. The lowest BCUT2D eigenvalue weighted by atomic mass is 10.1. The third-order valence-corrected chi connectivity index (χ3v) is 6.86. The average Bonchev–Trinajstić information content (AvgIpc) is 3.21. The van der Waals surface area contributed by atoms with Crippen LogP contribution in [0.2, 0.25) is 0 Å².